The lowest BCUT2D eigenvalue weighted by Crippen LogP contribution is -2.26. The summed E-state index contributed by atoms with van der Waals surface area (Å²) in [5.41, 5.74) is 2.17. The number of halogens is 1. The quantitative estimate of drug-likeness (QED) is 0.544. The number of hydrogen-bond donors (Lipinski definition) is 1. The third-order valence-corrected chi connectivity index (χ3v) is 5.33. The van der Waals surface area contributed by atoms with Crippen LogP contribution in [0, 0.1) is 13.8 Å². The Bertz CT molecular complexity index is 1260. The van der Waals surface area contributed by atoms with Crippen LogP contribution in [-0.2, 0) is 0 Å². The predicted molar refractivity (Wildman–Crippen MR) is 112 cm³/mol. The molecule has 0 fully saturated rings. The molecule has 0 aliphatic rings. The third kappa shape index (κ3) is 3.54. The smallest absolute Gasteiger partial charge is 0.280 e. The van der Waals surface area contributed by atoms with E-state index in [1.54, 1.807) is 53.3 Å². The Balaban J connectivity index is 1.68. The fourth-order valence-electron chi connectivity index (χ4n) is 2.86. The molecular weight excluding hydrogens is 396 g/mol. The number of thiazole rings is 1. The normalized spacial score (nSPS) is 11.0. The molecular formula is C20H15ClN4O2S. The average Bonchev–Trinajstić information content (AvgIpc) is 3.02. The van der Waals surface area contributed by atoms with Gasteiger partial charge in [0.2, 0.25) is 5.43 Å². The summed E-state index contributed by atoms with van der Waals surface area (Å²) in [6, 6.07) is 13.8. The van der Waals surface area contributed by atoms with Crippen molar-refractivity contribution in [3.05, 3.63) is 80.2 Å². The number of amides is 1. The van der Waals surface area contributed by atoms with Gasteiger partial charge in [-0.15, -0.1) is 11.3 Å². The molecule has 8 heteroatoms. The molecule has 4 rings (SSSR count). The van der Waals surface area contributed by atoms with E-state index in [0.29, 0.717) is 22.1 Å². The van der Waals surface area contributed by atoms with Crippen molar-refractivity contribution in [2.45, 2.75) is 13.8 Å². The molecule has 28 heavy (non-hydrogen) atoms. The van der Waals surface area contributed by atoms with E-state index in [1.165, 1.54) is 6.07 Å². The Morgan fingerprint density at radius 2 is 1.86 bits per heavy atom. The van der Waals surface area contributed by atoms with Crippen LogP contribution in [-0.4, -0.2) is 20.7 Å². The molecule has 0 spiro atoms. The fraction of sp³-hybridized carbons (Fsp3) is 0.100. The van der Waals surface area contributed by atoms with Crippen LogP contribution < -0.4 is 10.7 Å². The first-order valence-corrected chi connectivity index (χ1v) is 9.65. The summed E-state index contributed by atoms with van der Waals surface area (Å²) in [5, 5.41) is 8.56. The van der Waals surface area contributed by atoms with Gasteiger partial charge in [-0.2, -0.15) is 5.10 Å². The SMILES string of the molecule is Cc1nc2ccc(NC(=O)c3nn(-c4ccc(Cl)cc4)c(C)cc3=O)cc2s1. The number of carbonyl (C=O) groups excluding carboxylic acids is 1. The molecule has 0 aliphatic heterocycles. The van der Waals surface area contributed by atoms with E-state index >= 15 is 0 Å². The number of aromatic nitrogens is 3. The van der Waals surface area contributed by atoms with Gasteiger partial charge in [0.05, 0.1) is 20.9 Å². The average molecular weight is 411 g/mol. The van der Waals surface area contributed by atoms with Crippen LogP contribution in [0.3, 0.4) is 0 Å². The Morgan fingerprint density at radius 1 is 1.11 bits per heavy atom. The van der Waals surface area contributed by atoms with Gasteiger partial charge >= 0.3 is 0 Å². The van der Waals surface area contributed by atoms with Gasteiger partial charge in [-0.05, 0) is 56.3 Å². The van der Waals surface area contributed by atoms with E-state index < -0.39 is 11.3 Å². The maximum Gasteiger partial charge on any atom is 0.280 e. The molecule has 1 N–H and O–H groups in total. The zero-order chi connectivity index (χ0) is 19.8. The molecule has 0 aliphatic carbocycles. The summed E-state index contributed by atoms with van der Waals surface area (Å²) in [4.78, 5) is 29.5. The maximum atomic E-state index is 12.7. The van der Waals surface area contributed by atoms with Crippen molar-refractivity contribution in [2.24, 2.45) is 0 Å². The van der Waals surface area contributed by atoms with E-state index in [0.717, 1.165) is 15.2 Å². The number of nitrogens with zero attached hydrogens (tertiary/aromatic N) is 3. The monoisotopic (exact) mass is 410 g/mol. The Morgan fingerprint density at radius 3 is 2.61 bits per heavy atom. The van der Waals surface area contributed by atoms with Crippen molar-refractivity contribution >= 4 is 44.7 Å². The number of carbonyl (C=O) groups is 1. The fourth-order valence-corrected chi connectivity index (χ4v) is 3.85. The lowest BCUT2D eigenvalue weighted by molar-refractivity contribution is 0.101. The van der Waals surface area contributed by atoms with Crippen molar-refractivity contribution in [3.8, 4) is 5.69 Å². The van der Waals surface area contributed by atoms with Gasteiger partial charge in [0, 0.05) is 22.5 Å². The molecule has 140 valence electrons. The standard InChI is InChI=1S/C20H15ClN4O2S/c1-11-9-17(26)19(24-25(11)15-6-3-13(21)4-7-15)20(27)23-14-5-8-16-18(10-14)28-12(2)22-16/h3-10H,1-2H3,(H,23,27). The molecule has 0 atom stereocenters. The van der Waals surface area contributed by atoms with Crippen LogP contribution in [0.1, 0.15) is 21.2 Å². The lowest BCUT2D eigenvalue weighted by Gasteiger charge is -2.11. The molecule has 0 saturated carbocycles. The van der Waals surface area contributed by atoms with Crippen molar-refractivity contribution in [3.63, 3.8) is 0 Å². The first-order chi connectivity index (χ1) is 13.4. The molecule has 0 radical (unpaired) electrons. The number of benzene rings is 2. The minimum absolute atomic E-state index is 0.180. The van der Waals surface area contributed by atoms with Gasteiger partial charge in [-0.25, -0.2) is 9.67 Å². The summed E-state index contributed by atoms with van der Waals surface area (Å²) in [5.74, 6) is -0.562. The van der Waals surface area contributed by atoms with Crippen molar-refractivity contribution in [2.75, 3.05) is 5.32 Å². The van der Waals surface area contributed by atoms with E-state index in [-0.39, 0.29) is 5.69 Å². The summed E-state index contributed by atoms with van der Waals surface area (Å²) < 4.78 is 2.51. The van der Waals surface area contributed by atoms with Gasteiger partial charge in [0.1, 0.15) is 0 Å². The van der Waals surface area contributed by atoms with E-state index in [1.807, 2.05) is 19.1 Å². The maximum absolute atomic E-state index is 12.7. The highest BCUT2D eigenvalue weighted by atomic mass is 35.5. The Labute approximate surface area is 169 Å². The molecule has 4 aromatic rings. The topological polar surface area (TPSA) is 76.9 Å². The van der Waals surface area contributed by atoms with Crippen molar-refractivity contribution in [1.82, 2.24) is 14.8 Å². The van der Waals surface area contributed by atoms with Gasteiger partial charge < -0.3 is 5.32 Å². The number of hydrogen-bond acceptors (Lipinski definition) is 5. The van der Waals surface area contributed by atoms with Gasteiger partial charge in [-0.1, -0.05) is 11.6 Å². The second-order valence-electron chi connectivity index (χ2n) is 6.26. The van der Waals surface area contributed by atoms with Gasteiger partial charge in [0.15, 0.2) is 5.69 Å². The summed E-state index contributed by atoms with van der Waals surface area (Å²) in [6.45, 7) is 3.68. The highest BCUT2D eigenvalue weighted by Gasteiger charge is 2.16. The highest BCUT2D eigenvalue weighted by molar-refractivity contribution is 7.18. The van der Waals surface area contributed by atoms with Gasteiger partial charge in [0.25, 0.3) is 5.91 Å². The summed E-state index contributed by atoms with van der Waals surface area (Å²) in [6.07, 6.45) is 0. The molecule has 0 bridgehead atoms. The Hall–Kier alpha value is -3.03. The van der Waals surface area contributed by atoms with E-state index in [9.17, 15) is 9.59 Å². The second-order valence-corrected chi connectivity index (χ2v) is 7.93. The molecule has 0 unspecified atom stereocenters. The van der Waals surface area contributed by atoms with Crippen LogP contribution in [0.4, 0.5) is 5.69 Å². The minimum atomic E-state index is -0.562. The molecule has 0 saturated heterocycles. The number of aryl methyl sites for hydroxylation is 2. The Kier molecular flexibility index (Phi) is 4.70. The van der Waals surface area contributed by atoms with E-state index in [4.69, 9.17) is 11.6 Å². The van der Waals surface area contributed by atoms with E-state index in [2.05, 4.69) is 15.4 Å². The van der Waals surface area contributed by atoms with Crippen LogP contribution in [0.25, 0.3) is 15.9 Å². The second kappa shape index (κ2) is 7.18. The van der Waals surface area contributed by atoms with Crippen LogP contribution in [0.2, 0.25) is 5.02 Å². The number of fused-ring (bicyclic) bond motifs is 1. The molecule has 1 amide bonds. The molecule has 2 aromatic heterocycles. The van der Waals surface area contributed by atoms with Crippen LogP contribution >= 0.6 is 22.9 Å². The number of nitrogens with one attached hydrogen (secondary N) is 1. The predicted octanol–water partition coefficient (Wildman–Crippen LogP) is 4.36. The van der Waals surface area contributed by atoms with Crippen molar-refractivity contribution in [1.29, 1.82) is 0 Å². The number of anilines is 1. The largest absolute Gasteiger partial charge is 0.320 e. The number of rotatable bonds is 3. The zero-order valence-electron chi connectivity index (χ0n) is 15.1. The lowest BCUT2D eigenvalue weighted by atomic mass is 10.2. The molecule has 2 heterocycles. The summed E-state index contributed by atoms with van der Waals surface area (Å²) in [7, 11) is 0. The van der Waals surface area contributed by atoms with Crippen LogP contribution in [0.5, 0.6) is 0 Å². The minimum Gasteiger partial charge on any atom is -0.320 e. The molecule has 2 aromatic carbocycles. The third-order valence-electron chi connectivity index (χ3n) is 4.15. The molecule has 6 nitrogen and oxygen atoms in total. The zero-order valence-corrected chi connectivity index (χ0v) is 16.6. The first-order valence-electron chi connectivity index (χ1n) is 8.46. The first kappa shape index (κ1) is 18.3. The van der Waals surface area contributed by atoms with Gasteiger partial charge in [-0.3, -0.25) is 9.59 Å². The highest BCUT2D eigenvalue weighted by Crippen LogP contribution is 2.25. The summed E-state index contributed by atoms with van der Waals surface area (Å²) >= 11 is 7.47. The van der Waals surface area contributed by atoms with Crippen LogP contribution in [0.15, 0.2) is 53.3 Å². The van der Waals surface area contributed by atoms with Crippen molar-refractivity contribution < 1.29 is 4.79 Å².